The van der Waals surface area contributed by atoms with E-state index in [4.69, 9.17) is 23.8 Å². The lowest BCUT2D eigenvalue weighted by Gasteiger charge is -2.03. The zero-order valence-corrected chi connectivity index (χ0v) is 13.9. The SMILES string of the molecule is Cc1c(C(=O)[O-])sc2nc(Cc3cccc(Cl)c3)[nH]c(=S)c12. The van der Waals surface area contributed by atoms with E-state index >= 15 is 0 Å². The predicted molar refractivity (Wildman–Crippen MR) is 88.1 cm³/mol. The highest BCUT2D eigenvalue weighted by atomic mass is 35.5. The summed E-state index contributed by atoms with van der Waals surface area (Å²) in [7, 11) is 0. The molecule has 4 nitrogen and oxygen atoms in total. The number of carboxylic acids is 1. The van der Waals surface area contributed by atoms with Crippen LogP contribution in [0.25, 0.3) is 10.2 Å². The number of rotatable bonds is 3. The molecule has 0 saturated heterocycles. The molecule has 112 valence electrons. The third kappa shape index (κ3) is 2.77. The number of H-pyrrole nitrogens is 1. The Hall–Kier alpha value is -1.76. The van der Waals surface area contributed by atoms with Crippen molar-refractivity contribution in [2.24, 2.45) is 0 Å². The van der Waals surface area contributed by atoms with E-state index in [1.165, 1.54) is 0 Å². The van der Waals surface area contributed by atoms with Gasteiger partial charge in [-0.1, -0.05) is 36.0 Å². The molecule has 0 aliphatic carbocycles. The van der Waals surface area contributed by atoms with Crippen LogP contribution in [0, 0.1) is 11.6 Å². The summed E-state index contributed by atoms with van der Waals surface area (Å²) in [6.07, 6.45) is 0.539. The van der Waals surface area contributed by atoms with E-state index in [2.05, 4.69) is 9.97 Å². The Kier molecular flexibility index (Phi) is 3.99. The first-order valence-electron chi connectivity index (χ1n) is 6.44. The number of nitrogens with zero attached hydrogens (tertiary/aromatic N) is 1. The lowest BCUT2D eigenvalue weighted by atomic mass is 10.1. The molecule has 1 aromatic carbocycles. The summed E-state index contributed by atoms with van der Waals surface area (Å²) < 4.78 is 0.489. The first kappa shape index (κ1) is 15.1. The Balaban J connectivity index is 2.09. The van der Waals surface area contributed by atoms with Crippen molar-refractivity contribution in [3.8, 4) is 0 Å². The van der Waals surface area contributed by atoms with Gasteiger partial charge in [-0.25, -0.2) is 4.98 Å². The van der Waals surface area contributed by atoms with Crippen molar-refractivity contribution >= 4 is 51.3 Å². The highest BCUT2D eigenvalue weighted by Crippen LogP contribution is 2.29. The average molecular weight is 350 g/mol. The predicted octanol–water partition coefficient (Wildman–Crippen LogP) is 3.27. The number of carbonyl (C=O) groups excluding carboxylic acids is 1. The van der Waals surface area contributed by atoms with Crippen LogP contribution in [0.5, 0.6) is 0 Å². The fourth-order valence-electron chi connectivity index (χ4n) is 2.31. The molecule has 0 aliphatic heterocycles. The fraction of sp³-hybridized carbons (Fsp3) is 0.133. The third-order valence-electron chi connectivity index (χ3n) is 3.30. The van der Waals surface area contributed by atoms with E-state index in [0.717, 1.165) is 16.9 Å². The maximum Gasteiger partial charge on any atom is 0.129 e. The second-order valence-electron chi connectivity index (χ2n) is 4.84. The van der Waals surface area contributed by atoms with Crippen LogP contribution in [0.4, 0.5) is 0 Å². The second-order valence-corrected chi connectivity index (χ2v) is 6.69. The largest absolute Gasteiger partial charge is 0.544 e. The Morgan fingerprint density at radius 1 is 1.50 bits per heavy atom. The van der Waals surface area contributed by atoms with Gasteiger partial charge in [0.2, 0.25) is 0 Å². The lowest BCUT2D eigenvalue weighted by molar-refractivity contribution is -0.254. The number of aromatic nitrogens is 2. The van der Waals surface area contributed by atoms with Gasteiger partial charge >= 0.3 is 0 Å². The normalized spacial score (nSPS) is 11.0. The van der Waals surface area contributed by atoms with Crippen LogP contribution >= 0.6 is 35.2 Å². The first-order valence-corrected chi connectivity index (χ1v) is 8.04. The second kappa shape index (κ2) is 5.79. The van der Waals surface area contributed by atoms with Gasteiger partial charge in [0, 0.05) is 16.8 Å². The molecule has 0 saturated carbocycles. The molecule has 1 N–H and O–H groups in total. The van der Waals surface area contributed by atoms with E-state index in [-0.39, 0.29) is 4.88 Å². The average Bonchev–Trinajstić information content (AvgIpc) is 2.76. The number of benzene rings is 1. The van der Waals surface area contributed by atoms with Crippen molar-refractivity contribution < 1.29 is 9.90 Å². The van der Waals surface area contributed by atoms with Gasteiger partial charge in [0.1, 0.15) is 15.3 Å². The summed E-state index contributed by atoms with van der Waals surface area (Å²) in [6, 6.07) is 7.48. The maximum absolute atomic E-state index is 11.1. The fourth-order valence-corrected chi connectivity index (χ4v) is 4.00. The topological polar surface area (TPSA) is 68.8 Å². The van der Waals surface area contributed by atoms with Gasteiger partial charge in [-0.3, -0.25) is 0 Å². The number of halogens is 1. The van der Waals surface area contributed by atoms with E-state index in [1.807, 2.05) is 18.2 Å². The molecule has 0 bridgehead atoms. The van der Waals surface area contributed by atoms with Crippen LogP contribution in [0.2, 0.25) is 5.02 Å². The molecular weight excluding hydrogens is 340 g/mol. The molecule has 2 heterocycles. The van der Waals surface area contributed by atoms with Crippen LogP contribution in [-0.4, -0.2) is 15.9 Å². The minimum Gasteiger partial charge on any atom is -0.544 e. The molecule has 22 heavy (non-hydrogen) atoms. The Bertz CT molecular complexity index is 946. The molecule has 0 aliphatic rings. The number of fused-ring (bicyclic) bond motifs is 1. The van der Waals surface area contributed by atoms with Gasteiger partial charge in [-0.05, 0) is 30.2 Å². The number of nitrogens with one attached hydrogen (secondary N) is 1. The van der Waals surface area contributed by atoms with Gasteiger partial charge in [0.05, 0.1) is 10.8 Å². The first-order chi connectivity index (χ1) is 10.5. The molecule has 2 aromatic heterocycles. The zero-order chi connectivity index (χ0) is 15.9. The van der Waals surface area contributed by atoms with E-state index in [0.29, 0.717) is 37.7 Å². The standard InChI is InChI=1S/C15H11ClN2O2S2/c1-7-11-13(21)17-10(6-8-3-2-4-9(16)5-8)18-14(11)22-12(7)15(19)20/h2-5H,6H2,1H3,(H,19,20)(H,17,18,21)/p-1. The Morgan fingerprint density at radius 3 is 2.95 bits per heavy atom. The molecule has 0 fully saturated rings. The number of thiophene rings is 1. The van der Waals surface area contributed by atoms with Crippen LogP contribution in [0.15, 0.2) is 24.3 Å². The summed E-state index contributed by atoms with van der Waals surface area (Å²) in [5.41, 5.74) is 1.60. The summed E-state index contributed by atoms with van der Waals surface area (Å²) in [4.78, 5) is 19.5. The van der Waals surface area contributed by atoms with Crippen LogP contribution in [-0.2, 0) is 6.42 Å². The van der Waals surface area contributed by atoms with Gasteiger partial charge in [-0.2, -0.15) is 0 Å². The van der Waals surface area contributed by atoms with E-state index in [9.17, 15) is 9.90 Å². The summed E-state index contributed by atoms with van der Waals surface area (Å²) in [6.45, 7) is 1.71. The number of carboxylic acid groups (broad SMARTS) is 1. The number of aryl methyl sites for hydroxylation is 1. The van der Waals surface area contributed by atoms with Crippen LogP contribution < -0.4 is 5.11 Å². The van der Waals surface area contributed by atoms with Crippen molar-refractivity contribution in [3.63, 3.8) is 0 Å². The third-order valence-corrected chi connectivity index (χ3v) is 5.00. The van der Waals surface area contributed by atoms with Crippen molar-refractivity contribution in [1.29, 1.82) is 0 Å². The van der Waals surface area contributed by atoms with Crippen molar-refractivity contribution in [2.75, 3.05) is 0 Å². The smallest absolute Gasteiger partial charge is 0.129 e. The molecule has 7 heteroatoms. The summed E-state index contributed by atoms with van der Waals surface area (Å²) >= 11 is 12.4. The number of aromatic amines is 1. The number of carbonyl (C=O) groups is 1. The van der Waals surface area contributed by atoms with Crippen LogP contribution in [0.3, 0.4) is 0 Å². The quantitative estimate of drug-likeness (QED) is 0.737. The summed E-state index contributed by atoms with van der Waals surface area (Å²) in [5, 5.41) is 12.5. The van der Waals surface area contributed by atoms with Crippen molar-refractivity contribution in [1.82, 2.24) is 9.97 Å². The minimum absolute atomic E-state index is 0.168. The highest BCUT2D eigenvalue weighted by molar-refractivity contribution is 7.71. The van der Waals surface area contributed by atoms with Gasteiger partial charge in [0.15, 0.2) is 0 Å². The Labute approximate surface area is 140 Å². The van der Waals surface area contributed by atoms with Crippen molar-refractivity contribution in [2.45, 2.75) is 13.3 Å². The number of hydrogen-bond donors (Lipinski definition) is 1. The zero-order valence-electron chi connectivity index (χ0n) is 11.5. The summed E-state index contributed by atoms with van der Waals surface area (Å²) in [5.74, 6) is -0.530. The molecule has 0 radical (unpaired) electrons. The molecule has 3 rings (SSSR count). The minimum atomic E-state index is -1.20. The number of aromatic carboxylic acids is 1. The highest BCUT2D eigenvalue weighted by Gasteiger charge is 2.13. The van der Waals surface area contributed by atoms with E-state index < -0.39 is 5.97 Å². The van der Waals surface area contributed by atoms with Gasteiger partial charge in [-0.15, -0.1) is 11.3 Å². The molecule has 0 atom stereocenters. The molecule has 0 spiro atoms. The molecular formula is C15H10ClN2O2S2-. The van der Waals surface area contributed by atoms with Crippen LogP contribution in [0.1, 0.15) is 26.6 Å². The van der Waals surface area contributed by atoms with Crippen molar-refractivity contribution in [3.05, 3.63) is 55.8 Å². The number of hydrogen-bond acceptors (Lipinski definition) is 5. The Morgan fingerprint density at radius 2 is 2.27 bits per heavy atom. The lowest BCUT2D eigenvalue weighted by Crippen LogP contribution is -2.21. The monoisotopic (exact) mass is 349 g/mol. The molecule has 0 unspecified atom stereocenters. The molecule has 0 amide bonds. The molecule has 3 aromatic rings. The van der Waals surface area contributed by atoms with Gasteiger partial charge < -0.3 is 14.9 Å². The van der Waals surface area contributed by atoms with Gasteiger partial charge in [0.25, 0.3) is 0 Å². The maximum atomic E-state index is 11.1. The van der Waals surface area contributed by atoms with E-state index in [1.54, 1.807) is 13.0 Å².